The van der Waals surface area contributed by atoms with Crippen LogP contribution < -0.4 is 29.6 Å². The molecule has 39 heavy (non-hydrogen) atoms. The number of rotatable bonds is 8. The molecule has 0 radical (unpaired) electrons. The lowest BCUT2D eigenvalue weighted by Crippen LogP contribution is -2.34. The number of pyridine rings is 1. The number of methoxy groups -OCH3 is 2. The summed E-state index contributed by atoms with van der Waals surface area (Å²) in [5, 5.41) is 8.32. The molecule has 7 nitrogen and oxygen atoms in total. The van der Waals surface area contributed by atoms with E-state index in [9.17, 15) is 13.2 Å². The average molecular weight is 540 g/mol. The quantitative estimate of drug-likeness (QED) is 0.258. The highest BCUT2D eigenvalue weighted by molar-refractivity contribution is 6.00. The van der Waals surface area contributed by atoms with Crippen LogP contribution in [0, 0.1) is 0 Å². The fourth-order valence-corrected chi connectivity index (χ4v) is 4.64. The third-order valence-corrected chi connectivity index (χ3v) is 6.48. The Labute approximate surface area is 223 Å². The number of hydrogen-bond acceptors (Lipinski definition) is 7. The van der Waals surface area contributed by atoms with Crippen molar-refractivity contribution >= 4 is 22.3 Å². The summed E-state index contributed by atoms with van der Waals surface area (Å²) in [6, 6.07) is 17.0. The van der Waals surface area contributed by atoms with E-state index in [1.165, 1.54) is 12.1 Å². The van der Waals surface area contributed by atoms with Crippen LogP contribution in [0.5, 0.6) is 23.0 Å². The molecule has 10 heteroatoms. The van der Waals surface area contributed by atoms with Gasteiger partial charge in [0.15, 0.2) is 11.5 Å². The third kappa shape index (κ3) is 6.28. The fourth-order valence-electron chi connectivity index (χ4n) is 4.64. The Hall–Kier alpha value is -4.18. The fraction of sp³-hybridized carbons (Fsp3) is 0.276. The van der Waals surface area contributed by atoms with Crippen LogP contribution in [0.2, 0.25) is 0 Å². The van der Waals surface area contributed by atoms with Gasteiger partial charge in [-0.3, -0.25) is 0 Å². The molecule has 0 spiro atoms. The Balaban J connectivity index is 1.56. The van der Waals surface area contributed by atoms with Gasteiger partial charge in [-0.25, -0.2) is 4.98 Å². The number of nitrogens with zero attached hydrogens (tertiary/aromatic N) is 1. The lowest BCUT2D eigenvalue weighted by atomic mass is 9.97. The molecule has 0 atom stereocenters. The number of hydrogen-bond donors (Lipinski definition) is 2. The van der Waals surface area contributed by atoms with Gasteiger partial charge in [-0.05, 0) is 79.3 Å². The molecule has 0 bridgehead atoms. The van der Waals surface area contributed by atoms with E-state index in [-0.39, 0.29) is 11.9 Å². The van der Waals surface area contributed by atoms with E-state index in [0.29, 0.717) is 28.6 Å². The molecular formula is C29H28F3N3O4. The number of halogens is 3. The maximum Gasteiger partial charge on any atom is 0.573 e. The largest absolute Gasteiger partial charge is 0.573 e. The SMILES string of the molecule is COc1ccc(Nc2cc3c(-c4ccc(OC(F)(F)F)cc4)c(OC4CCNCC4)ccc3cn2)cc1OC. The Morgan fingerprint density at radius 1 is 0.872 bits per heavy atom. The van der Waals surface area contributed by atoms with Crippen molar-refractivity contribution in [3.63, 3.8) is 0 Å². The van der Waals surface area contributed by atoms with Crippen LogP contribution in [0.25, 0.3) is 21.9 Å². The van der Waals surface area contributed by atoms with Crippen molar-refractivity contribution in [2.24, 2.45) is 0 Å². The number of anilines is 2. The monoisotopic (exact) mass is 539 g/mol. The normalized spacial score (nSPS) is 14.2. The predicted octanol–water partition coefficient (Wildman–Crippen LogP) is 6.69. The van der Waals surface area contributed by atoms with Crippen molar-refractivity contribution in [1.29, 1.82) is 0 Å². The van der Waals surface area contributed by atoms with Gasteiger partial charge in [-0.15, -0.1) is 13.2 Å². The van der Waals surface area contributed by atoms with Crippen LogP contribution in [0.3, 0.4) is 0 Å². The van der Waals surface area contributed by atoms with Gasteiger partial charge in [0, 0.05) is 28.9 Å². The van der Waals surface area contributed by atoms with Crippen LogP contribution in [-0.2, 0) is 0 Å². The topological polar surface area (TPSA) is 73.9 Å². The maximum atomic E-state index is 12.7. The average Bonchev–Trinajstić information content (AvgIpc) is 2.93. The molecule has 204 valence electrons. The second kappa shape index (κ2) is 11.3. The molecule has 4 aromatic rings. The van der Waals surface area contributed by atoms with Crippen LogP contribution in [0.4, 0.5) is 24.7 Å². The van der Waals surface area contributed by atoms with Crippen molar-refractivity contribution in [3.05, 3.63) is 66.9 Å². The van der Waals surface area contributed by atoms with E-state index in [1.807, 2.05) is 30.3 Å². The second-order valence-corrected chi connectivity index (χ2v) is 9.06. The minimum atomic E-state index is -4.76. The number of alkyl halides is 3. The number of piperidine rings is 1. The summed E-state index contributed by atoms with van der Waals surface area (Å²) in [6.07, 6.45) is -1.27. The van der Waals surface area contributed by atoms with Gasteiger partial charge in [0.05, 0.1) is 14.2 Å². The molecule has 3 aromatic carbocycles. The van der Waals surface area contributed by atoms with Crippen molar-refractivity contribution in [2.45, 2.75) is 25.3 Å². The zero-order valence-corrected chi connectivity index (χ0v) is 21.5. The molecule has 5 rings (SSSR count). The summed E-state index contributed by atoms with van der Waals surface area (Å²) in [6.45, 7) is 1.72. The summed E-state index contributed by atoms with van der Waals surface area (Å²) in [5.41, 5.74) is 2.21. The summed E-state index contributed by atoms with van der Waals surface area (Å²) in [5.74, 6) is 2.12. The van der Waals surface area contributed by atoms with E-state index in [0.717, 1.165) is 48.0 Å². The van der Waals surface area contributed by atoms with Crippen LogP contribution >= 0.6 is 0 Å². The van der Waals surface area contributed by atoms with E-state index in [2.05, 4.69) is 20.4 Å². The highest BCUT2D eigenvalue weighted by Gasteiger charge is 2.31. The number of aromatic nitrogens is 1. The molecule has 0 saturated carbocycles. The van der Waals surface area contributed by atoms with E-state index >= 15 is 0 Å². The summed E-state index contributed by atoms with van der Waals surface area (Å²) >= 11 is 0. The smallest absolute Gasteiger partial charge is 0.493 e. The van der Waals surface area contributed by atoms with Gasteiger partial charge in [0.2, 0.25) is 0 Å². The zero-order chi connectivity index (χ0) is 27.4. The van der Waals surface area contributed by atoms with Gasteiger partial charge in [0.25, 0.3) is 0 Å². The molecule has 1 aromatic heterocycles. The highest BCUT2D eigenvalue weighted by Crippen LogP contribution is 2.40. The molecule has 2 N–H and O–H groups in total. The van der Waals surface area contributed by atoms with Gasteiger partial charge < -0.3 is 29.6 Å². The van der Waals surface area contributed by atoms with Gasteiger partial charge in [-0.1, -0.05) is 12.1 Å². The van der Waals surface area contributed by atoms with Crippen LogP contribution in [0.15, 0.2) is 66.9 Å². The molecule has 0 amide bonds. The van der Waals surface area contributed by atoms with Crippen molar-refractivity contribution in [2.75, 3.05) is 32.6 Å². The van der Waals surface area contributed by atoms with Crippen LogP contribution in [0.1, 0.15) is 12.8 Å². The minimum absolute atomic E-state index is 0.0292. The van der Waals surface area contributed by atoms with E-state index in [1.54, 1.807) is 38.6 Å². The second-order valence-electron chi connectivity index (χ2n) is 9.06. The van der Waals surface area contributed by atoms with Gasteiger partial charge in [0.1, 0.15) is 23.4 Å². The van der Waals surface area contributed by atoms with Crippen LogP contribution in [-0.4, -0.2) is 44.8 Å². The Kier molecular flexibility index (Phi) is 7.65. The van der Waals surface area contributed by atoms with Gasteiger partial charge in [-0.2, -0.15) is 0 Å². The molecule has 1 saturated heterocycles. The Bertz CT molecular complexity index is 1440. The molecule has 2 heterocycles. The minimum Gasteiger partial charge on any atom is -0.493 e. The highest BCUT2D eigenvalue weighted by atomic mass is 19.4. The van der Waals surface area contributed by atoms with E-state index < -0.39 is 6.36 Å². The van der Waals surface area contributed by atoms with Crippen molar-refractivity contribution in [3.8, 4) is 34.1 Å². The predicted molar refractivity (Wildman–Crippen MR) is 143 cm³/mol. The molecule has 0 unspecified atom stereocenters. The Morgan fingerprint density at radius 2 is 1.59 bits per heavy atom. The first-order valence-electron chi connectivity index (χ1n) is 12.5. The molecule has 1 aliphatic rings. The summed E-state index contributed by atoms with van der Waals surface area (Å²) in [7, 11) is 3.14. The lowest BCUT2D eigenvalue weighted by molar-refractivity contribution is -0.274. The number of benzene rings is 3. The molecule has 0 aliphatic carbocycles. The Morgan fingerprint density at radius 3 is 2.28 bits per heavy atom. The standard InChI is InChI=1S/C29H28F3N3O4/c1-36-24-10-6-20(15-26(24)37-2)35-27-16-23-19(17-34-27)5-9-25(38-21-11-13-33-14-12-21)28(23)18-3-7-22(8-4-18)39-29(30,31)32/h3-10,15-17,21,33H,11-14H2,1-2H3,(H,34,35). The third-order valence-electron chi connectivity index (χ3n) is 6.48. The maximum absolute atomic E-state index is 12.7. The molecular weight excluding hydrogens is 511 g/mol. The number of ether oxygens (including phenoxy) is 4. The number of fused-ring (bicyclic) bond motifs is 1. The lowest BCUT2D eigenvalue weighted by Gasteiger charge is -2.26. The van der Waals surface area contributed by atoms with Crippen molar-refractivity contribution in [1.82, 2.24) is 10.3 Å². The first-order valence-corrected chi connectivity index (χ1v) is 12.5. The van der Waals surface area contributed by atoms with E-state index in [4.69, 9.17) is 14.2 Å². The first kappa shape index (κ1) is 26.4. The molecule has 1 fully saturated rings. The number of nitrogens with one attached hydrogen (secondary N) is 2. The molecule has 1 aliphatic heterocycles. The van der Waals surface area contributed by atoms with Gasteiger partial charge >= 0.3 is 6.36 Å². The summed E-state index contributed by atoms with van der Waals surface area (Å²) in [4.78, 5) is 4.56. The zero-order valence-electron chi connectivity index (χ0n) is 21.5. The first-order chi connectivity index (χ1) is 18.8. The summed E-state index contributed by atoms with van der Waals surface area (Å²) < 4.78 is 59.5. The van der Waals surface area contributed by atoms with Crippen molar-refractivity contribution < 1.29 is 32.1 Å².